The third kappa shape index (κ3) is 2.40. The predicted molar refractivity (Wildman–Crippen MR) is 87.6 cm³/mol. The molecule has 2 aliphatic rings. The number of nitrogens with zero attached hydrogens (tertiary/aromatic N) is 5. The molecule has 2 aromatic rings. The van der Waals surface area contributed by atoms with Crippen LogP contribution in [0.4, 0.5) is 0 Å². The maximum absolute atomic E-state index is 12.9. The van der Waals surface area contributed by atoms with Gasteiger partial charge in [-0.3, -0.25) is 4.79 Å². The number of rotatable bonds is 2. The van der Waals surface area contributed by atoms with Crippen molar-refractivity contribution >= 4 is 5.91 Å². The predicted octanol–water partition coefficient (Wildman–Crippen LogP) is 2.15. The molecule has 128 valence electrons. The van der Waals surface area contributed by atoms with Crippen LogP contribution in [0, 0.1) is 31.1 Å². The van der Waals surface area contributed by atoms with Gasteiger partial charge in [-0.15, -0.1) is 0 Å². The van der Waals surface area contributed by atoms with Gasteiger partial charge in [-0.2, -0.15) is 10.2 Å². The van der Waals surface area contributed by atoms with E-state index in [0.717, 1.165) is 19.3 Å². The van der Waals surface area contributed by atoms with Crippen LogP contribution in [0.15, 0.2) is 16.7 Å². The van der Waals surface area contributed by atoms with E-state index in [2.05, 4.69) is 21.2 Å². The first-order chi connectivity index (χ1) is 12.0. The SMILES string of the molecule is Cc1noc([C@]23CCC[C@H]2CN(C(=O)c2ccc(C#N)c(C)n2)C3)n1. The van der Waals surface area contributed by atoms with Gasteiger partial charge in [-0.25, -0.2) is 4.98 Å². The maximum atomic E-state index is 12.9. The smallest absolute Gasteiger partial charge is 0.272 e. The zero-order chi connectivity index (χ0) is 17.6. The molecule has 0 unspecified atom stereocenters. The van der Waals surface area contributed by atoms with Crippen LogP contribution < -0.4 is 0 Å². The second-order valence-corrected chi connectivity index (χ2v) is 7.02. The summed E-state index contributed by atoms with van der Waals surface area (Å²) in [6, 6.07) is 5.36. The van der Waals surface area contributed by atoms with E-state index in [1.807, 2.05) is 11.8 Å². The lowest BCUT2D eigenvalue weighted by atomic mass is 9.80. The molecule has 0 aromatic carbocycles. The van der Waals surface area contributed by atoms with Crippen LogP contribution in [0.5, 0.6) is 0 Å². The quantitative estimate of drug-likeness (QED) is 0.833. The molecule has 1 saturated carbocycles. The molecule has 1 aliphatic carbocycles. The highest BCUT2D eigenvalue weighted by atomic mass is 16.5. The summed E-state index contributed by atoms with van der Waals surface area (Å²) in [4.78, 5) is 23.5. The summed E-state index contributed by atoms with van der Waals surface area (Å²) >= 11 is 0. The van der Waals surface area contributed by atoms with Gasteiger partial charge >= 0.3 is 0 Å². The third-order valence-electron chi connectivity index (χ3n) is 5.54. The normalized spacial score (nSPS) is 25.0. The van der Waals surface area contributed by atoms with Crippen molar-refractivity contribution in [3.8, 4) is 6.07 Å². The summed E-state index contributed by atoms with van der Waals surface area (Å²) in [5.41, 5.74) is 1.23. The first-order valence-corrected chi connectivity index (χ1v) is 8.51. The average Bonchev–Trinajstić information content (AvgIpc) is 3.27. The van der Waals surface area contributed by atoms with Crippen molar-refractivity contribution in [2.45, 2.75) is 38.5 Å². The van der Waals surface area contributed by atoms with Gasteiger partial charge in [0.25, 0.3) is 5.91 Å². The van der Waals surface area contributed by atoms with Crippen LogP contribution in [-0.4, -0.2) is 39.0 Å². The molecular formula is C18H19N5O2. The fraction of sp³-hybridized carbons (Fsp3) is 0.500. The summed E-state index contributed by atoms with van der Waals surface area (Å²) in [5, 5.41) is 13.0. The zero-order valence-electron chi connectivity index (χ0n) is 14.3. The standard InChI is InChI=1S/C18H19N5O2/c1-11-13(8-19)5-6-15(20-11)16(24)23-9-14-4-3-7-18(14,10-23)17-21-12(2)22-25-17/h5-6,14H,3-4,7,9-10H2,1-2H3/t14-,18-/m0/s1. The van der Waals surface area contributed by atoms with Gasteiger partial charge in [-0.05, 0) is 44.7 Å². The van der Waals surface area contributed by atoms with E-state index in [4.69, 9.17) is 9.78 Å². The highest BCUT2D eigenvalue weighted by Gasteiger charge is 2.55. The minimum Gasteiger partial charge on any atom is -0.339 e. The fourth-order valence-corrected chi connectivity index (χ4v) is 4.25. The van der Waals surface area contributed by atoms with Gasteiger partial charge in [0.1, 0.15) is 11.8 Å². The Kier molecular flexibility index (Phi) is 3.57. The summed E-state index contributed by atoms with van der Waals surface area (Å²) in [7, 11) is 0. The molecule has 25 heavy (non-hydrogen) atoms. The number of amides is 1. The Morgan fingerprint density at radius 2 is 2.24 bits per heavy atom. The molecule has 0 spiro atoms. The van der Waals surface area contributed by atoms with Crippen molar-refractivity contribution in [3.63, 3.8) is 0 Å². The topological polar surface area (TPSA) is 95.9 Å². The first-order valence-electron chi connectivity index (χ1n) is 8.51. The first kappa shape index (κ1) is 15.8. The Morgan fingerprint density at radius 1 is 1.40 bits per heavy atom. The molecule has 1 amide bonds. The highest BCUT2D eigenvalue weighted by molar-refractivity contribution is 5.92. The molecule has 0 N–H and O–H groups in total. The van der Waals surface area contributed by atoms with Gasteiger partial charge in [0, 0.05) is 13.1 Å². The van der Waals surface area contributed by atoms with Crippen molar-refractivity contribution in [3.05, 3.63) is 40.8 Å². The average molecular weight is 337 g/mol. The van der Waals surface area contributed by atoms with E-state index < -0.39 is 0 Å². The lowest BCUT2D eigenvalue weighted by Gasteiger charge is -2.24. The molecule has 0 radical (unpaired) electrons. The van der Waals surface area contributed by atoms with E-state index >= 15 is 0 Å². The summed E-state index contributed by atoms with van der Waals surface area (Å²) < 4.78 is 5.49. The molecule has 1 saturated heterocycles. The Labute approximate surface area is 145 Å². The largest absolute Gasteiger partial charge is 0.339 e. The molecule has 2 aromatic heterocycles. The Morgan fingerprint density at radius 3 is 2.92 bits per heavy atom. The molecule has 4 rings (SSSR count). The van der Waals surface area contributed by atoms with Crippen molar-refractivity contribution in [2.75, 3.05) is 13.1 Å². The van der Waals surface area contributed by atoms with E-state index in [0.29, 0.717) is 47.7 Å². The summed E-state index contributed by atoms with van der Waals surface area (Å²) in [6.45, 7) is 4.82. The Balaban J connectivity index is 1.62. The highest BCUT2D eigenvalue weighted by Crippen LogP contribution is 2.50. The monoisotopic (exact) mass is 337 g/mol. The molecule has 0 bridgehead atoms. The second kappa shape index (κ2) is 5.66. The number of aromatic nitrogens is 3. The van der Waals surface area contributed by atoms with E-state index in [9.17, 15) is 4.79 Å². The van der Waals surface area contributed by atoms with Gasteiger partial charge in [-0.1, -0.05) is 11.6 Å². The van der Waals surface area contributed by atoms with E-state index in [1.54, 1.807) is 19.1 Å². The van der Waals surface area contributed by atoms with Crippen molar-refractivity contribution in [1.82, 2.24) is 20.0 Å². The van der Waals surface area contributed by atoms with Gasteiger partial charge in [0.15, 0.2) is 5.82 Å². The molecule has 2 atom stereocenters. The molecule has 7 nitrogen and oxygen atoms in total. The number of carbonyl (C=O) groups excluding carboxylic acids is 1. The number of aryl methyl sites for hydroxylation is 2. The minimum atomic E-state index is -0.224. The summed E-state index contributed by atoms with van der Waals surface area (Å²) in [5.74, 6) is 1.53. The Bertz CT molecular complexity index is 884. The van der Waals surface area contributed by atoms with Crippen molar-refractivity contribution in [1.29, 1.82) is 5.26 Å². The number of hydrogen-bond donors (Lipinski definition) is 0. The minimum absolute atomic E-state index is 0.0994. The molecule has 1 aliphatic heterocycles. The van der Waals surface area contributed by atoms with Crippen LogP contribution in [0.25, 0.3) is 0 Å². The Hall–Kier alpha value is -2.75. The van der Waals surface area contributed by atoms with Crippen LogP contribution in [0.1, 0.15) is 52.7 Å². The number of carbonyl (C=O) groups is 1. The van der Waals surface area contributed by atoms with E-state index in [1.165, 1.54) is 0 Å². The number of likely N-dealkylation sites (tertiary alicyclic amines) is 1. The maximum Gasteiger partial charge on any atom is 0.272 e. The van der Waals surface area contributed by atoms with Crippen LogP contribution >= 0.6 is 0 Å². The second-order valence-electron chi connectivity index (χ2n) is 7.02. The number of nitriles is 1. The van der Waals surface area contributed by atoms with Crippen LogP contribution in [0.2, 0.25) is 0 Å². The number of pyridine rings is 1. The van der Waals surface area contributed by atoms with Crippen LogP contribution in [0.3, 0.4) is 0 Å². The number of fused-ring (bicyclic) bond motifs is 1. The molecule has 3 heterocycles. The molecule has 7 heteroatoms. The third-order valence-corrected chi connectivity index (χ3v) is 5.54. The van der Waals surface area contributed by atoms with Crippen molar-refractivity contribution < 1.29 is 9.32 Å². The lowest BCUT2D eigenvalue weighted by molar-refractivity contribution is 0.0769. The summed E-state index contributed by atoms with van der Waals surface area (Å²) in [6.07, 6.45) is 3.14. The zero-order valence-corrected chi connectivity index (χ0v) is 14.3. The van der Waals surface area contributed by atoms with Crippen molar-refractivity contribution in [2.24, 2.45) is 5.92 Å². The van der Waals surface area contributed by atoms with Gasteiger partial charge in [0.2, 0.25) is 5.89 Å². The van der Waals surface area contributed by atoms with Crippen LogP contribution in [-0.2, 0) is 5.41 Å². The molecule has 2 fully saturated rings. The molecular weight excluding hydrogens is 318 g/mol. The van der Waals surface area contributed by atoms with Gasteiger partial charge < -0.3 is 9.42 Å². The van der Waals surface area contributed by atoms with Gasteiger partial charge in [0.05, 0.1) is 16.7 Å². The fourth-order valence-electron chi connectivity index (χ4n) is 4.25. The van der Waals surface area contributed by atoms with E-state index in [-0.39, 0.29) is 11.3 Å². The number of hydrogen-bond acceptors (Lipinski definition) is 6. The lowest BCUT2D eigenvalue weighted by Crippen LogP contribution is -2.35.